The van der Waals surface area contributed by atoms with Crippen molar-refractivity contribution < 1.29 is 42.9 Å². The summed E-state index contributed by atoms with van der Waals surface area (Å²) in [5.74, 6) is -2.86. The second kappa shape index (κ2) is 9.59. The quantitative estimate of drug-likeness (QED) is 0.282. The molecule has 1 aliphatic rings. The van der Waals surface area contributed by atoms with Crippen LogP contribution in [0.2, 0.25) is 0 Å². The van der Waals surface area contributed by atoms with Crippen molar-refractivity contribution in [3.8, 4) is 0 Å². The van der Waals surface area contributed by atoms with Crippen LogP contribution in [0, 0.1) is 5.53 Å². The van der Waals surface area contributed by atoms with Gasteiger partial charge in [0.25, 0.3) is 6.23 Å². The fraction of sp³-hybridized carbons (Fsp3) is 0.714. The zero-order valence-electron chi connectivity index (χ0n) is 14.7. The maximum atomic E-state index is 11.5. The molecule has 0 aliphatic carbocycles. The summed E-state index contributed by atoms with van der Waals surface area (Å²) in [4.78, 5) is 48.3. The minimum atomic E-state index is -1.34. The van der Waals surface area contributed by atoms with Crippen molar-refractivity contribution in [1.82, 2.24) is 4.91 Å². The van der Waals surface area contributed by atoms with Gasteiger partial charge in [-0.15, -0.1) is 0 Å². The van der Waals surface area contributed by atoms with Gasteiger partial charge in [-0.25, -0.2) is 0 Å². The van der Waals surface area contributed by atoms with Crippen molar-refractivity contribution >= 4 is 23.9 Å². The van der Waals surface area contributed by atoms with Gasteiger partial charge in [-0.05, 0) is 0 Å². The van der Waals surface area contributed by atoms with Gasteiger partial charge in [-0.2, -0.15) is 0 Å². The van der Waals surface area contributed by atoms with Crippen LogP contribution in [-0.4, -0.2) is 61.1 Å². The molecule has 12 nitrogen and oxygen atoms in total. The Labute approximate surface area is 148 Å². The number of hydrogen-bond donors (Lipinski definition) is 1. The van der Waals surface area contributed by atoms with Gasteiger partial charge in [-0.1, -0.05) is 0 Å². The molecule has 12 heteroatoms. The van der Waals surface area contributed by atoms with Gasteiger partial charge >= 0.3 is 23.9 Å². The van der Waals surface area contributed by atoms with Crippen LogP contribution in [0.3, 0.4) is 0 Å². The number of nitrogens with zero attached hydrogens (tertiary/aromatic N) is 2. The zero-order valence-corrected chi connectivity index (χ0v) is 14.7. The summed E-state index contributed by atoms with van der Waals surface area (Å²) in [5, 5.41) is 3.49. The number of esters is 4. The Morgan fingerprint density at radius 1 is 0.885 bits per heavy atom. The third-order valence-corrected chi connectivity index (χ3v) is 3.14. The summed E-state index contributed by atoms with van der Waals surface area (Å²) in [6, 6.07) is 0. The molecule has 0 amide bonds. The maximum absolute atomic E-state index is 11.5. The highest BCUT2D eigenvalue weighted by atomic mass is 16.7. The van der Waals surface area contributed by atoms with Crippen molar-refractivity contribution in [2.45, 2.75) is 58.3 Å². The number of rotatable bonds is 6. The minimum Gasteiger partial charge on any atom is -0.463 e. The Balaban J connectivity index is 3.28. The Kier molecular flexibility index (Phi) is 7.81. The zero-order chi connectivity index (χ0) is 19.9. The maximum Gasteiger partial charge on any atom is 0.303 e. The number of hydrogen-bond acceptors (Lipinski definition) is 11. The Hall–Kier alpha value is -2.85. The van der Waals surface area contributed by atoms with E-state index in [1.807, 2.05) is 0 Å². The van der Waals surface area contributed by atoms with Gasteiger partial charge in [0.2, 0.25) is 4.91 Å². The first-order valence-electron chi connectivity index (χ1n) is 7.52. The number of ether oxygens (including phenoxy) is 5. The highest BCUT2D eigenvalue weighted by Gasteiger charge is 2.54. The average molecular weight is 374 g/mol. The summed E-state index contributed by atoms with van der Waals surface area (Å²) >= 11 is 0. The van der Waals surface area contributed by atoms with Crippen LogP contribution >= 0.6 is 0 Å². The number of carbonyl (C=O) groups is 4. The molecule has 1 N–H and O–H groups in total. The lowest BCUT2D eigenvalue weighted by atomic mass is 9.97. The lowest BCUT2D eigenvalue weighted by molar-refractivity contribution is -0.252. The van der Waals surface area contributed by atoms with Crippen LogP contribution in [0.15, 0.2) is 5.11 Å². The second-order valence-corrected chi connectivity index (χ2v) is 5.31. The minimum absolute atomic E-state index is 0.359. The van der Waals surface area contributed by atoms with E-state index in [4.69, 9.17) is 29.2 Å². The summed E-state index contributed by atoms with van der Waals surface area (Å²) in [5.41, 5.74) is 6.88. The van der Waals surface area contributed by atoms with Gasteiger partial charge in [0.05, 0.1) is 0 Å². The van der Waals surface area contributed by atoms with Crippen LogP contribution < -0.4 is 4.91 Å². The van der Waals surface area contributed by atoms with Crippen molar-refractivity contribution in [2.75, 3.05) is 6.61 Å². The molecule has 1 fully saturated rings. The average Bonchev–Trinajstić information content (AvgIpc) is 2.50. The van der Waals surface area contributed by atoms with E-state index in [9.17, 15) is 19.2 Å². The highest BCUT2D eigenvalue weighted by Crippen LogP contribution is 2.29. The molecule has 0 bridgehead atoms. The standard InChI is InChI=1S/C14H20N3O9/c1-6(18)22-5-10-11(23-7(2)19)12(24-8(3)20)13(25-9(4)21)14(26-10)16-17-15/h10-15H,5H2,1-4H3/q+1/t10-,11+,12+,13?,14-/m1/s1. The molecule has 1 unspecified atom stereocenters. The van der Waals surface area contributed by atoms with Crippen LogP contribution in [0.4, 0.5) is 0 Å². The van der Waals surface area contributed by atoms with Crippen LogP contribution in [0.25, 0.3) is 0 Å². The van der Waals surface area contributed by atoms with E-state index in [0.29, 0.717) is 0 Å². The lowest BCUT2D eigenvalue weighted by Crippen LogP contribution is -2.61. The summed E-state index contributed by atoms with van der Waals surface area (Å²) < 4.78 is 25.8. The predicted molar refractivity (Wildman–Crippen MR) is 79.2 cm³/mol. The van der Waals surface area contributed by atoms with E-state index in [-0.39, 0.29) is 6.61 Å². The highest BCUT2D eigenvalue weighted by molar-refractivity contribution is 5.68. The van der Waals surface area contributed by atoms with Crippen LogP contribution in [0.1, 0.15) is 27.7 Å². The summed E-state index contributed by atoms with van der Waals surface area (Å²) in [6.45, 7) is 4.13. The molecule has 0 aromatic carbocycles. The topological polar surface area (TPSA) is 165 Å². The molecule has 1 heterocycles. The molecule has 0 aromatic rings. The molecule has 0 spiro atoms. The van der Waals surface area contributed by atoms with Crippen LogP contribution in [-0.2, 0) is 42.9 Å². The van der Waals surface area contributed by atoms with Gasteiger partial charge in [0.15, 0.2) is 23.4 Å². The van der Waals surface area contributed by atoms with Gasteiger partial charge < -0.3 is 23.7 Å². The van der Waals surface area contributed by atoms with E-state index in [2.05, 4.69) is 10.0 Å². The fourth-order valence-corrected chi connectivity index (χ4v) is 2.36. The fourth-order valence-electron chi connectivity index (χ4n) is 2.36. The molecular formula is C14H20N3O9+. The van der Waals surface area contributed by atoms with E-state index >= 15 is 0 Å². The van der Waals surface area contributed by atoms with E-state index < -0.39 is 54.5 Å². The van der Waals surface area contributed by atoms with Crippen LogP contribution in [0.5, 0.6) is 0 Å². The molecular weight excluding hydrogens is 354 g/mol. The van der Waals surface area contributed by atoms with Gasteiger partial charge in [0, 0.05) is 27.7 Å². The third-order valence-electron chi connectivity index (χ3n) is 3.14. The van der Waals surface area contributed by atoms with Crippen molar-refractivity contribution in [3.63, 3.8) is 0 Å². The molecule has 5 atom stereocenters. The number of nitrogens with one attached hydrogen (secondary N) is 1. The first-order chi connectivity index (χ1) is 12.1. The monoisotopic (exact) mass is 374 g/mol. The largest absolute Gasteiger partial charge is 0.463 e. The van der Waals surface area contributed by atoms with Gasteiger partial charge in [-0.3, -0.25) is 19.2 Å². The van der Waals surface area contributed by atoms with Gasteiger partial charge in [0.1, 0.15) is 18.2 Å². The smallest absolute Gasteiger partial charge is 0.303 e. The first-order valence-corrected chi connectivity index (χ1v) is 7.52. The Morgan fingerprint density at radius 3 is 1.85 bits per heavy atom. The molecule has 0 radical (unpaired) electrons. The molecule has 144 valence electrons. The van der Waals surface area contributed by atoms with E-state index in [0.717, 1.165) is 27.7 Å². The molecule has 26 heavy (non-hydrogen) atoms. The normalized spacial score (nSPS) is 27.5. The summed E-state index contributed by atoms with van der Waals surface area (Å²) in [6.07, 6.45) is -6.34. The summed E-state index contributed by atoms with van der Waals surface area (Å²) in [7, 11) is 0. The Bertz CT molecular complexity index is 617. The third kappa shape index (κ3) is 6.22. The lowest BCUT2D eigenvalue weighted by Gasteiger charge is -2.41. The second-order valence-electron chi connectivity index (χ2n) is 5.31. The molecule has 1 saturated heterocycles. The van der Waals surface area contributed by atoms with Crippen molar-refractivity contribution in [2.24, 2.45) is 5.11 Å². The predicted octanol–water partition coefficient (Wildman–Crippen LogP) is -0.380. The molecule has 0 saturated carbocycles. The molecule has 1 aliphatic heterocycles. The molecule has 1 rings (SSSR count). The SMILES string of the molecule is CC(=O)OC[C@H]1O[C@@H](N=[N+]=N)C(OC(C)=O)[C@@H](OC(C)=O)[C@H]1OC(C)=O. The first kappa shape index (κ1) is 21.2. The van der Waals surface area contributed by atoms with Crippen molar-refractivity contribution in [3.05, 3.63) is 0 Å². The number of carbonyl (C=O) groups excluding carboxylic acids is 4. The molecule has 0 aromatic heterocycles. The van der Waals surface area contributed by atoms with E-state index in [1.54, 1.807) is 0 Å². The van der Waals surface area contributed by atoms with Crippen molar-refractivity contribution in [1.29, 1.82) is 5.53 Å². The Morgan fingerprint density at radius 2 is 1.38 bits per heavy atom. The van der Waals surface area contributed by atoms with E-state index in [1.165, 1.54) is 0 Å².